The Balaban J connectivity index is 2.49. The van der Waals surface area contributed by atoms with Crippen LogP contribution in [-0.4, -0.2) is 11.2 Å². The second kappa shape index (κ2) is 5.53. The van der Waals surface area contributed by atoms with Crippen LogP contribution in [0, 0.1) is 23.2 Å². The van der Waals surface area contributed by atoms with Crippen LogP contribution in [0.3, 0.4) is 0 Å². The summed E-state index contributed by atoms with van der Waals surface area (Å²) in [6.07, 6.45) is 6.21. The number of aliphatic hydroxyl groups is 1. The van der Waals surface area contributed by atoms with Crippen molar-refractivity contribution in [3.05, 3.63) is 0 Å². The monoisotopic (exact) mass is 226 g/mol. The number of hydrogen-bond donors (Lipinski definition) is 1. The van der Waals surface area contributed by atoms with E-state index in [1.807, 2.05) is 0 Å². The Morgan fingerprint density at radius 3 is 2.44 bits per heavy atom. The summed E-state index contributed by atoms with van der Waals surface area (Å²) in [4.78, 5) is 0. The molecule has 0 aromatic carbocycles. The van der Waals surface area contributed by atoms with E-state index in [2.05, 4.69) is 34.6 Å². The van der Waals surface area contributed by atoms with E-state index in [4.69, 9.17) is 0 Å². The molecule has 0 aliphatic heterocycles. The third-order valence-electron chi connectivity index (χ3n) is 4.71. The Bertz CT molecular complexity index is 207. The number of aliphatic hydroxyl groups excluding tert-OH is 1. The van der Waals surface area contributed by atoms with E-state index in [0.717, 1.165) is 18.3 Å². The van der Waals surface area contributed by atoms with Gasteiger partial charge in [-0.25, -0.2) is 0 Å². The van der Waals surface area contributed by atoms with Gasteiger partial charge in [0.2, 0.25) is 0 Å². The lowest BCUT2D eigenvalue weighted by molar-refractivity contribution is 0.0472. The molecular formula is C15H30O. The van der Waals surface area contributed by atoms with Crippen molar-refractivity contribution in [3.8, 4) is 0 Å². The summed E-state index contributed by atoms with van der Waals surface area (Å²) < 4.78 is 0. The molecular weight excluding hydrogens is 196 g/mol. The van der Waals surface area contributed by atoms with Gasteiger partial charge < -0.3 is 5.11 Å². The van der Waals surface area contributed by atoms with Gasteiger partial charge in [0, 0.05) is 0 Å². The third kappa shape index (κ3) is 3.48. The SMILES string of the molecule is CC(C)C(O)CCC1[C@H](C)CCCC1(C)C. The van der Waals surface area contributed by atoms with Gasteiger partial charge in [0.25, 0.3) is 0 Å². The van der Waals surface area contributed by atoms with E-state index in [9.17, 15) is 5.11 Å². The largest absolute Gasteiger partial charge is 0.393 e. The summed E-state index contributed by atoms with van der Waals surface area (Å²) in [5.74, 6) is 2.04. The van der Waals surface area contributed by atoms with Crippen molar-refractivity contribution in [1.29, 1.82) is 0 Å². The molecule has 1 heteroatoms. The maximum Gasteiger partial charge on any atom is 0.0563 e. The van der Waals surface area contributed by atoms with Crippen molar-refractivity contribution < 1.29 is 5.11 Å². The van der Waals surface area contributed by atoms with Gasteiger partial charge in [-0.15, -0.1) is 0 Å². The van der Waals surface area contributed by atoms with Crippen molar-refractivity contribution in [2.24, 2.45) is 23.2 Å². The number of rotatable bonds is 4. The average Bonchev–Trinajstić information content (AvgIpc) is 2.15. The average molecular weight is 226 g/mol. The van der Waals surface area contributed by atoms with E-state index >= 15 is 0 Å². The smallest absolute Gasteiger partial charge is 0.0563 e. The van der Waals surface area contributed by atoms with E-state index in [-0.39, 0.29) is 6.10 Å². The Labute approximate surface area is 102 Å². The predicted octanol–water partition coefficient (Wildman–Crippen LogP) is 4.25. The minimum atomic E-state index is -0.107. The molecule has 0 aromatic heterocycles. The van der Waals surface area contributed by atoms with Gasteiger partial charge in [0.1, 0.15) is 0 Å². The van der Waals surface area contributed by atoms with Gasteiger partial charge in [0.05, 0.1) is 6.10 Å². The molecule has 1 saturated carbocycles. The zero-order chi connectivity index (χ0) is 12.3. The summed E-state index contributed by atoms with van der Waals surface area (Å²) in [5.41, 5.74) is 0.481. The van der Waals surface area contributed by atoms with E-state index in [1.165, 1.54) is 25.7 Å². The minimum absolute atomic E-state index is 0.107. The first-order valence-electron chi connectivity index (χ1n) is 7.02. The minimum Gasteiger partial charge on any atom is -0.393 e. The molecule has 0 bridgehead atoms. The topological polar surface area (TPSA) is 20.2 Å². The van der Waals surface area contributed by atoms with Crippen LogP contribution in [0.1, 0.15) is 66.7 Å². The second-order valence-corrected chi connectivity index (χ2v) is 6.85. The molecule has 0 heterocycles. The van der Waals surface area contributed by atoms with Crippen LogP contribution in [0.25, 0.3) is 0 Å². The lowest BCUT2D eigenvalue weighted by Gasteiger charge is -2.43. The van der Waals surface area contributed by atoms with Crippen LogP contribution in [0.5, 0.6) is 0 Å². The van der Waals surface area contributed by atoms with E-state index in [0.29, 0.717) is 11.3 Å². The van der Waals surface area contributed by atoms with Crippen LogP contribution in [0.4, 0.5) is 0 Å². The first-order chi connectivity index (χ1) is 7.34. The zero-order valence-corrected chi connectivity index (χ0v) is 11.8. The summed E-state index contributed by atoms with van der Waals surface area (Å²) in [6, 6.07) is 0. The normalized spacial score (nSPS) is 31.7. The second-order valence-electron chi connectivity index (χ2n) is 6.85. The fraction of sp³-hybridized carbons (Fsp3) is 1.00. The van der Waals surface area contributed by atoms with Crippen LogP contribution in [0.2, 0.25) is 0 Å². The number of hydrogen-bond acceptors (Lipinski definition) is 1. The summed E-state index contributed by atoms with van der Waals surface area (Å²) in [7, 11) is 0. The maximum absolute atomic E-state index is 9.91. The predicted molar refractivity (Wildman–Crippen MR) is 70.4 cm³/mol. The lowest BCUT2D eigenvalue weighted by atomic mass is 9.62. The highest BCUT2D eigenvalue weighted by molar-refractivity contribution is 4.86. The molecule has 1 aliphatic carbocycles. The van der Waals surface area contributed by atoms with Gasteiger partial charge in [-0.2, -0.15) is 0 Å². The fourth-order valence-electron chi connectivity index (χ4n) is 3.40. The van der Waals surface area contributed by atoms with Crippen molar-refractivity contribution in [2.45, 2.75) is 72.8 Å². The molecule has 0 spiro atoms. The molecule has 3 atom stereocenters. The van der Waals surface area contributed by atoms with Crippen LogP contribution < -0.4 is 0 Å². The highest BCUT2D eigenvalue weighted by Crippen LogP contribution is 2.46. The third-order valence-corrected chi connectivity index (χ3v) is 4.71. The Morgan fingerprint density at radius 1 is 1.31 bits per heavy atom. The molecule has 1 rings (SSSR count). The molecule has 1 N–H and O–H groups in total. The summed E-state index contributed by atoms with van der Waals surface area (Å²) in [5, 5.41) is 9.91. The van der Waals surface area contributed by atoms with Gasteiger partial charge in [-0.3, -0.25) is 0 Å². The molecule has 1 nitrogen and oxygen atoms in total. The van der Waals surface area contributed by atoms with E-state index < -0.39 is 0 Å². The molecule has 0 saturated heterocycles. The Morgan fingerprint density at radius 2 is 1.94 bits per heavy atom. The lowest BCUT2D eigenvalue weighted by Crippen LogP contribution is -2.34. The van der Waals surface area contributed by atoms with Crippen LogP contribution in [0.15, 0.2) is 0 Å². The Hall–Kier alpha value is -0.0400. The molecule has 1 aliphatic rings. The molecule has 16 heavy (non-hydrogen) atoms. The molecule has 1 fully saturated rings. The summed E-state index contributed by atoms with van der Waals surface area (Å²) in [6.45, 7) is 11.4. The van der Waals surface area contributed by atoms with Gasteiger partial charge in [0.15, 0.2) is 0 Å². The fourth-order valence-corrected chi connectivity index (χ4v) is 3.40. The van der Waals surface area contributed by atoms with Crippen molar-refractivity contribution in [2.75, 3.05) is 0 Å². The summed E-state index contributed by atoms with van der Waals surface area (Å²) >= 11 is 0. The standard InChI is InChI=1S/C15H30O/c1-11(2)14(16)9-8-13-12(3)7-6-10-15(13,4)5/h11-14,16H,6-10H2,1-5H3/t12-,13?,14?/m1/s1. The van der Waals surface area contributed by atoms with Crippen LogP contribution >= 0.6 is 0 Å². The highest BCUT2D eigenvalue weighted by Gasteiger charge is 2.36. The molecule has 0 aromatic rings. The zero-order valence-electron chi connectivity index (χ0n) is 11.8. The van der Waals surface area contributed by atoms with Gasteiger partial charge in [-0.05, 0) is 42.4 Å². The van der Waals surface area contributed by atoms with Crippen molar-refractivity contribution in [1.82, 2.24) is 0 Å². The molecule has 96 valence electrons. The first kappa shape index (κ1) is 14.0. The van der Waals surface area contributed by atoms with Crippen molar-refractivity contribution >= 4 is 0 Å². The van der Waals surface area contributed by atoms with Crippen LogP contribution in [-0.2, 0) is 0 Å². The first-order valence-corrected chi connectivity index (χ1v) is 7.02. The Kier molecular flexibility index (Phi) is 4.85. The molecule has 0 radical (unpaired) electrons. The van der Waals surface area contributed by atoms with Gasteiger partial charge >= 0.3 is 0 Å². The molecule has 0 amide bonds. The highest BCUT2D eigenvalue weighted by atomic mass is 16.3. The maximum atomic E-state index is 9.91. The quantitative estimate of drug-likeness (QED) is 0.760. The van der Waals surface area contributed by atoms with E-state index in [1.54, 1.807) is 0 Å². The van der Waals surface area contributed by atoms with Crippen molar-refractivity contribution in [3.63, 3.8) is 0 Å². The molecule has 2 unspecified atom stereocenters. The van der Waals surface area contributed by atoms with Gasteiger partial charge in [-0.1, -0.05) is 47.5 Å².